The number of carbonyl (C=O) groups is 1. The van der Waals surface area contributed by atoms with Crippen molar-refractivity contribution in [3.63, 3.8) is 0 Å². The minimum absolute atomic E-state index is 0.224. The zero-order chi connectivity index (χ0) is 24.3. The molecule has 180 valence electrons. The Morgan fingerprint density at radius 2 is 1.94 bits per heavy atom. The highest BCUT2D eigenvalue weighted by Crippen LogP contribution is 2.30. The summed E-state index contributed by atoms with van der Waals surface area (Å²) >= 11 is 0. The van der Waals surface area contributed by atoms with Crippen molar-refractivity contribution in [2.24, 2.45) is 0 Å². The highest BCUT2D eigenvalue weighted by molar-refractivity contribution is 5.91. The van der Waals surface area contributed by atoms with E-state index >= 15 is 0 Å². The summed E-state index contributed by atoms with van der Waals surface area (Å²) < 4.78 is 26.9. The Kier molecular flexibility index (Phi) is 9.04. The topological polar surface area (TPSA) is 105 Å². The summed E-state index contributed by atoms with van der Waals surface area (Å²) in [5.41, 5.74) is 3.37. The van der Waals surface area contributed by atoms with Crippen molar-refractivity contribution in [1.82, 2.24) is 15.5 Å². The van der Waals surface area contributed by atoms with E-state index in [0.29, 0.717) is 43.7 Å². The molecule has 1 aromatic carbocycles. The third kappa shape index (κ3) is 7.08. The molecule has 34 heavy (non-hydrogen) atoms. The Balaban J connectivity index is 1.51. The zero-order valence-electron chi connectivity index (χ0n) is 19.8. The molecule has 0 fully saturated rings. The number of rotatable bonds is 12. The molecule has 1 N–H and O–H groups in total. The molecule has 9 nitrogen and oxygen atoms in total. The highest BCUT2D eigenvalue weighted by atomic mass is 16.5. The fourth-order valence-corrected chi connectivity index (χ4v) is 3.02. The predicted octanol–water partition coefficient (Wildman–Crippen LogP) is 3.63. The van der Waals surface area contributed by atoms with Gasteiger partial charge in [-0.15, -0.1) is 0 Å². The van der Waals surface area contributed by atoms with Crippen molar-refractivity contribution < 1.29 is 28.3 Å². The van der Waals surface area contributed by atoms with E-state index in [1.54, 1.807) is 44.7 Å². The van der Waals surface area contributed by atoms with Gasteiger partial charge in [0.15, 0.2) is 11.5 Å². The average molecular weight is 468 g/mol. The number of aromatic nitrogens is 2. The molecule has 2 heterocycles. The number of amides is 1. The first-order valence-corrected chi connectivity index (χ1v) is 10.7. The fraction of sp³-hybridized carbons (Fsp3) is 0.320. The number of carbonyl (C=O) groups excluding carboxylic acids is 1. The number of benzene rings is 1. The summed E-state index contributed by atoms with van der Waals surface area (Å²) in [5.74, 6) is 2.17. The van der Waals surface area contributed by atoms with Gasteiger partial charge in [-0.05, 0) is 43.2 Å². The molecule has 3 rings (SSSR count). The van der Waals surface area contributed by atoms with Crippen LogP contribution in [0.1, 0.15) is 28.1 Å². The van der Waals surface area contributed by atoms with Gasteiger partial charge in [-0.1, -0.05) is 17.3 Å². The second-order valence-electron chi connectivity index (χ2n) is 7.40. The van der Waals surface area contributed by atoms with Gasteiger partial charge in [0.2, 0.25) is 11.8 Å². The number of nitrogens with one attached hydrogen (secondary N) is 1. The molecule has 9 heteroatoms. The van der Waals surface area contributed by atoms with Crippen LogP contribution in [0.15, 0.2) is 47.1 Å². The van der Waals surface area contributed by atoms with E-state index in [9.17, 15) is 4.79 Å². The predicted molar refractivity (Wildman–Crippen MR) is 126 cm³/mol. The smallest absolute Gasteiger partial charge is 0.244 e. The molecular formula is C25H29N3O6. The lowest BCUT2D eigenvalue weighted by Crippen LogP contribution is -2.20. The van der Waals surface area contributed by atoms with Crippen LogP contribution >= 0.6 is 0 Å². The van der Waals surface area contributed by atoms with Gasteiger partial charge in [0, 0.05) is 32.0 Å². The van der Waals surface area contributed by atoms with Crippen molar-refractivity contribution >= 4 is 12.0 Å². The Morgan fingerprint density at radius 1 is 1.09 bits per heavy atom. The van der Waals surface area contributed by atoms with Gasteiger partial charge < -0.3 is 28.8 Å². The fourth-order valence-electron chi connectivity index (χ4n) is 3.02. The van der Waals surface area contributed by atoms with Crippen molar-refractivity contribution in [1.29, 1.82) is 0 Å². The molecule has 1 amide bonds. The number of ether oxygens (including phenoxy) is 4. The van der Waals surface area contributed by atoms with Gasteiger partial charge in [0.1, 0.15) is 19.0 Å². The standard InChI is InChI=1S/C25H29N3O6/c1-17-21(18(2)34-28-17)16-33-22-8-5-19(13-23(22)31-4)6-9-24(29)26-14-20-7-10-25(27-15-20)32-12-11-30-3/h5-10,13,15H,11-12,14,16H2,1-4H3,(H,26,29)/b9-6+. The number of aryl methyl sites for hydroxylation is 2. The van der Waals surface area contributed by atoms with Crippen LogP contribution in [0.5, 0.6) is 17.4 Å². The van der Waals surface area contributed by atoms with Gasteiger partial charge in [-0.25, -0.2) is 4.98 Å². The summed E-state index contributed by atoms with van der Waals surface area (Å²) in [6.45, 7) is 5.32. The lowest BCUT2D eigenvalue weighted by atomic mass is 10.1. The average Bonchev–Trinajstić information content (AvgIpc) is 3.18. The third-order valence-electron chi connectivity index (χ3n) is 4.97. The summed E-state index contributed by atoms with van der Waals surface area (Å²) in [5, 5.41) is 6.76. The van der Waals surface area contributed by atoms with Crippen LogP contribution in [-0.4, -0.2) is 43.5 Å². The number of hydrogen-bond donors (Lipinski definition) is 1. The quantitative estimate of drug-likeness (QED) is 0.318. The molecule has 0 atom stereocenters. The van der Waals surface area contributed by atoms with Gasteiger partial charge in [-0.2, -0.15) is 0 Å². The van der Waals surface area contributed by atoms with Crippen LogP contribution in [0, 0.1) is 13.8 Å². The summed E-state index contributed by atoms with van der Waals surface area (Å²) in [7, 11) is 3.18. The molecule has 0 aliphatic heterocycles. The van der Waals surface area contributed by atoms with E-state index in [1.807, 2.05) is 26.0 Å². The van der Waals surface area contributed by atoms with E-state index < -0.39 is 0 Å². The maximum atomic E-state index is 12.2. The molecule has 0 radical (unpaired) electrons. The normalized spacial score (nSPS) is 10.9. The van der Waals surface area contributed by atoms with Crippen molar-refractivity contribution in [2.75, 3.05) is 27.4 Å². The number of hydrogen-bond acceptors (Lipinski definition) is 8. The number of pyridine rings is 1. The first-order chi connectivity index (χ1) is 16.5. The second-order valence-corrected chi connectivity index (χ2v) is 7.40. The molecule has 0 unspecified atom stereocenters. The largest absolute Gasteiger partial charge is 0.493 e. The van der Waals surface area contributed by atoms with Crippen LogP contribution in [-0.2, 0) is 22.7 Å². The number of methoxy groups -OCH3 is 2. The van der Waals surface area contributed by atoms with Crippen LogP contribution in [0.3, 0.4) is 0 Å². The first-order valence-electron chi connectivity index (χ1n) is 10.7. The minimum atomic E-state index is -0.224. The van der Waals surface area contributed by atoms with Crippen molar-refractivity contribution in [2.45, 2.75) is 27.0 Å². The summed E-state index contributed by atoms with van der Waals surface area (Å²) in [4.78, 5) is 16.4. The number of nitrogens with zero attached hydrogens (tertiary/aromatic N) is 2. The maximum Gasteiger partial charge on any atom is 0.244 e. The van der Waals surface area contributed by atoms with Gasteiger partial charge in [0.05, 0.1) is 25.0 Å². The van der Waals surface area contributed by atoms with Crippen LogP contribution in [0.2, 0.25) is 0 Å². The second kappa shape index (κ2) is 12.4. The Hall–Kier alpha value is -3.85. The SMILES string of the molecule is COCCOc1ccc(CNC(=O)/C=C/c2ccc(OCc3c(C)noc3C)c(OC)c2)cn1. The van der Waals surface area contributed by atoms with E-state index in [4.69, 9.17) is 23.5 Å². The first kappa shape index (κ1) is 24.8. The van der Waals surface area contributed by atoms with E-state index in [-0.39, 0.29) is 5.91 Å². The highest BCUT2D eigenvalue weighted by Gasteiger charge is 2.12. The molecule has 0 saturated carbocycles. The molecular weight excluding hydrogens is 438 g/mol. The summed E-state index contributed by atoms with van der Waals surface area (Å²) in [6.07, 6.45) is 4.84. The van der Waals surface area contributed by atoms with Gasteiger partial charge in [0.25, 0.3) is 0 Å². The molecule has 0 aliphatic rings. The Bertz CT molecular complexity index is 1090. The molecule has 3 aromatic rings. The van der Waals surface area contributed by atoms with E-state index in [2.05, 4.69) is 15.5 Å². The van der Waals surface area contributed by atoms with Gasteiger partial charge >= 0.3 is 0 Å². The van der Waals surface area contributed by atoms with E-state index in [1.165, 1.54) is 6.08 Å². The molecule has 0 bridgehead atoms. The maximum absolute atomic E-state index is 12.2. The van der Waals surface area contributed by atoms with Crippen LogP contribution < -0.4 is 19.5 Å². The van der Waals surface area contributed by atoms with Crippen LogP contribution in [0.4, 0.5) is 0 Å². The summed E-state index contributed by atoms with van der Waals surface area (Å²) in [6, 6.07) is 9.07. The van der Waals surface area contributed by atoms with Gasteiger partial charge in [-0.3, -0.25) is 4.79 Å². The van der Waals surface area contributed by atoms with E-state index in [0.717, 1.165) is 28.1 Å². The molecule has 2 aromatic heterocycles. The third-order valence-corrected chi connectivity index (χ3v) is 4.97. The van der Waals surface area contributed by atoms with Crippen molar-refractivity contribution in [3.8, 4) is 17.4 Å². The molecule has 0 aliphatic carbocycles. The lowest BCUT2D eigenvalue weighted by molar-refractivity contribution is -0.116. The molecule has 0 saturated heterocycles. The lowest BCUT2D eigenvalue weighted by Gasteiger charge is -2.11. The molecule has 0 spiro atoms. The minimum Gasteiger partial charge on any atom is -0.493 e. The zero-order valence-corrected chi connectivity index (χ0v) is 19.8. The van der Waals surface area contributed by atoms with Crippen molar-refractivity contribution in [3.05, 3.63) is 70.7 Å². The monoisotopic (exact) mass is 467 g/mol. The Labute approximate surface area is 198 Å². The Morgan fingerprint density at radius 3 is 2.62 bits per heavy atom. The van der Waals surface area contributed by atoms with Crippen LogP contribution in [0.25, 0.3) is 6.08 Å².